The Hall–Kier alpha value is -3.13. The summed E-state index contributed by atoms with van der Waals surface area (Å²) in [7, 11) is 0. The number of alkyl halides is 3. The summed E-state index contributed by atoms with van der Waals surface area (Å²) in [5.74, 6) is -0.349. The molecule has 1 heterocycles. The van der Waals surface area contributed by atoms with Crippen LogP contribution in [0.2, 0.25) is 0 Å². The molecule has 0 saturated carbocycles. The smallest absolute Gasteiger partial charge is 0.416 e. The average Bonchev–Trinajstić information content (AvgIpc) is 3.07. The van der Waals surface area contributed by atoms with E-state index in [2.05, 4.69) is 4.98 Å². The van der Waals surface area contributed by atoms with Gasteiger partial charge in [-0.3, -0.25) is 0 Å². The van der Waals surface area contributed by atoms with Gasteiger partial charge < -0.3 is 9.84 Å². The van der Waals surface area contributed by atoms with Crippen molar-refractivity contribution in [1.82, 2.24) is 4.98 Å². The Morgan fingerprint density at radius 1 is 1.13 bits per heavy atom. The molecule has 0 aliphatic carbocycles. The van der Waals surface area contributed by atoms with Gasteiger partial charge in [-0.25, -0.2) is 9.78 Å². The fourth-order valence-corrected chi connectivity index (χ4v) is 3.74. The largest absolute Gasteiger partial charge is 0.493 e. The maximum absolute atomic E-state index is 12.7. The second-order valence-electron chi connectivity index (χ2n) is 6.44. The van der Waals surface area contributed by atoms with E-state index in [9.17, 15) is 18.0 Å². The van der Waals surface area contributed by atoms with Crippen molar-refractivity contribution in [3.63, 3.8) is 0 Å². The molecule has 0 amide bonds. The third-order valence-electron chi connectivity index (χ3n) is 4.25. The van der Waals surface area contributed by atoms with Gasteiger partial charge in [-0.15, -0.1) is 11.3 Å². The fraction of sp³-hybridized carbons (Fsp3) is 0.182. The van der Waals surface area contributed by atoms with E-state index in [1.807, 2.05) is 6.92 Å². The quantitative estimate of drug-likeness (QED) is 0.475. The maximum Gasteiger partial charge on any atom is 0.416 e. The number of hydrogen-bond acceptors (Lipinski definition) is 4. The summed E-state index contributed by atoms with van der Waals surface area (Å²) in [5, 5.41) is 9.31. The predicted octanol–water partition coefficient (Wildman–Crippen LogP) is 5.86. The van der Waals surface area contributed by atoms with Crippen LogP contribution < -0.4 is 4.74 Å². The second kappa shape index (κ2) is 9.13. The van der Waals surface area contributed by atoms with E-state index in [1.165, 1.54) is 29.5 Å². The lowest BCUT2D eigenvalue weighted by molar-refractivity contribution is -0.137. The normalized spacial score (nSPS) is 11.7. The molecule has 0 aliphatic rings. The van der Waals surface area contributed by atoms with Crippen LogP contribution in [-0.2, 0) is 17.4 Å². The SMILES string of the molecule is Cc1nc(-c2ccc(C(F)(F)F)cc2)sc1CCOc1ccc(C=CC(=O)O)cc1. The fourth-order valence-electron chi connectivity index (χ4n) is 2.69. The molecule has 0 aliphatic heterocycles. The van der Waals surface area contributed by atoms with E-state index in [4.69, 9.17) is 9.84 Å². The van der Waals surface area contributed by atoms with Gasteiger partial charge in [0.05, 0.1) is 17.9 Å². The highest BCUT2D eigenvalue weighted by Gasteiger charge is 2.30. The number of carboxylic acid groups (broad SMARTS) is 1. The van der Waals surface area contributed by atoms with E-state index in [0.29, 0.717) is 29.3 Å². The van der Waals surface area contributed by atoms with E-state index >= 15 is 0 Å². The number of carboxylic acids is 1. The number of aliphatic carboxylic acids is 1. The first-order valence-corrected chi connectivity index (χ1v) is 9.82. The number of nitrogens with zero attached hydrogens (tertiary/aromatic N) is 1. The molecule has 3 rings (SSSR count). The van der Waals surface area contributed by atoms with Crippen LogP contribution >= 0.6 is 11.3 Å². The van der Waals surface area contributed by atoms with Gasteiger partial charge in [-0.1, -0.05) is 24.3 Å². The summed E-state index contributed by atoms with van der Waals surface area (Å²) in [6.07, 6.45) is -1.18. The molecule has 0 unspecified atom stereocenters. The molecule has 0 bridgehead atoms. The Bertz CT molecular complexity index is 1040. The number of hydrogen-bond donors (Lipinski definition) is 1. The van der Waals surface area contributed by atoms with Crippen LogP contribution in [0.4, 0.5) is 13.2 Å². The van der Waals surface area contributed by atoms with E-state index in [0.717, 1.165) is 34.3 Å². The van der Waals surface area contributed by atoms with Gasteiger partial charge in [-0.05, 0) is 42.8 Å². The first kappa shape index (κ1) is 21.6. The topological polar surface area (TPSA) is 59.4 Å². The number of benzene rings is 2. The highest BCUT2D eigenvalue weighted by molar-refractivity contribution is 7.15. The van der Waals surface area contributed by atoms with Gasteiger partial charge in [0.25, 0.3) is 0 Å². The molecule has 1 N–H and O–H groups in total. The van der Waals surface area contributed by atoms with Crippen LogP contribution in [-0.4, -0.2) is 22.7 Å². The molecule has 0 fully saturated rings. The van der Waals surface area contributed by atoms with E-state index < -0.39 is 17.7 Å². The van der Waals surface area contributed by atoms with Gasteiger partial charge in [0.15, 0.2) is 0 Å². The van der Waals surface area contributed by atoms with Crippen LogP contribution in [0.1, 0.15) is 21.7 Å². The minimum atomic E-state index is -4.36. The number of carbonyl (C=O) groups is 1. The van der Waals surface area contributed by atoms with Crippen LogP contribution in [0, 0.1) is 6.92 Å². The molecule has 0 radical (unpaired) electrons. The molecule has 156 valence electrons. The highest BCUT2D eigenvalue weighted by Crippen LogP contribution is 2.33. The van der Waals surface area contributed by atoms with Gasteiger partial charge in [0.1, 0.15) is 10.8 Å². The first-order valence-electron chi connectivity index (χ1n) is 9.00. The van der Waals surface area contributed by atoms with Crippen molar-refractivity contribution >= 4 is 23.4 Å². The third kappa shape index (κ3) is 5.70. The maximum atomic E-state index is 12.7. The number of aryl methyl sites for hydroxylation is 1. The number of halogens is 3. The van der Waals surface area contributed by atoms with Crippen LogP contribution in [0.5, 0.6) is 5.75 Å². The molecule has 3 aromatic rings. The average molecular weight is 433 g/mol. The van der Waals surface area contributed by atoms with Crippen molar-refractivity contribution < 1.29 is 27.8 Å². The summed E-state index contributed by atoms with van der Waals surface area (Å²) < 4.78 is 43.9. The third-order valence-corrected chi connectivity index (χ3v) is 5.51. The van der Waals surface area contributed by atoms with Crippen molar-refractivity contribution in [3.05, 3.63) is 76.3 Å². The van der Waals surface area contributed by atoms with Crippen LogP contribution in [0.3, 0.4) is 0 Å². The Labute approximate surface area is 175 Å². The summed E-state index contributed by atoms with van der Waals surface area (Å²) >= 11 is 1.44. The monoisotopic (exact) mass is 433 g/mol. The minimum absolute atomic E-state index is 0.416. The van der Waals surface area contributed by atoms with Gasteiger partial charge in [-0.2, -0.15) is 13.2 Å². The number of ether oxygens (including phenoxy) is 1. The molecule has 8 heteroatoms. The lowest BCUT2D eigenvalue weighted by Gasteiger charge is -2.06. The zero-order valence-electron chi connectivity index (χ0n) is 15.9. The zero-order valence-corrected chi connectivity index (χ0v) is 16.8. The van der Waals surface area contributed by atoms with Crippen molar-refractivity contribution in [2.24, 2.45) is 0 Å². The lowest BCUT2D eigenvalue weighted by atomic mass is 10.1. The van der Waals surface area contributed by atoms with Crippen molar-refractivity contribution in [2.75, 3.05) is 6.61 Å². The first-order chi connectivity index (χ1) is 14.2. The number of thiazole rings is 1. The molecular formula is C22H18F3NO3S. The Morgan fingerprint density at radius 2 is 1.80 bits per heavy atom. The Morgan fingerprint density at radius 3 is 2.40 bits per heavy atom. The van der Waals surface area contributed by atoms with Crippen LogP contribution in [0.25, 0.3) is 16.6 Å². The summed E-state index contributed by atoms with van der Waals surface area (Å²) in [5.41, 5.74) is 1.54. The molecule has 30 heavy (non-hydrogen) atoms. The van der Waals surface area contributed by atoms with Crippen LogP contribution in [0.15, 0.2) is 54.6 Å². The van der Waals surface area contributed by atoms with Crippen molar-refractivity contribution in [3.8, 4) is 16.3 Å². The molecule has 0 saturated heterocycles. The number of rotatable bonds is 7. The zero-order chi connectivity index (χ0) is 21.7. The summed E-state index contributed by atoms with van der Waals surface area (Å²) in [6, 6.07) is 12.0. The molecule has 4 nitrogen and oxygen atoms in total. The Balaban J connectivity index is 1.59. The van der Waals surface area contributed by atoms with Crippen molar-refractivity contribution in [1.29, 1.82) is 0 Å². The van der Waals surface area contributed by atoms with Gasteiger partial charge in [0, 0.05) is 22.9 Å². The number of aromatic nitrogens is 1. The Kier molecular flexibility index (Phi) is 6.56. The van der Waals surface area contributed by atoms with E-state index in [-0.39, 0.29) is 0 Å². The van der Waals surface area contributed by atoms with Crippen molar-refractivity contribution in [2.45, 2.75) is 19.5 Å². The summed E-state index contributed by atoms with van der Waals surface area (Å²) in [6.45, 7) is 2.28. The highest BCUT2D eigenvalue weighted by atomic mass is 32.1. The predicted molar refractivity (Wildman–Crippen MR) is 110 cm³/mol. The molecule has 2 aromatic carbocycles. The minimum Gasteiger partial charge on any atom is -0.493 e. The molecule has 0 spiro atoms. The molecule has 1 aromatic heterocycles. The van der Waals surface area contributed by atoms with E-state index in [1.54, 1.807) is 24.3 Å². The van der Waals surface area contributed by atoms with Gasteiger partial charge in [0.2, 0.25) is 0 Å². The molecular weight excluding hydrogens is 415 g/mol. The standard InChI is InChI=1S/C22H18F3NO3S/c1-14-19(12-13-29-18-9-2-15(3-10-18)4-11-20(27)28)30-21(26-14)16-5-7-17(8-6-16)22(23,24)25/h2-11H,12-13H2,1H3,(H,27,28). The summed E-state index contributed by atoms with van der Waals surface area (Å²) in [4.78, 5) is 16.0. The second-order valence-corrected chi connectivity index (χ2v) is 7.53. The molecule has 0 atom stereocenters. The van der Waals surface area contributed by atoms with Gasteiger partial charge >= 0.3 is 12.1 Å². The lowest BCUT2D eigenvalue weighted by Crippen LogP contribution is -2.03.